The molecule has 0 radical (unpaired) electrons. The summed E-state index contributed by atoms with van der Waals surface area (Å²) in [5.41, 5.74) is 5.59. The van der Waals surface area contributed by atoms with Crippen molar-refractivity contribution in [1.29, 1.82) is 0 Å². The molecule has 0 saturated heterocycles. The van der Waals surface area contributed by atoms with Crippen LogP contribution in [0.3, 0.4) is 0 Å². The molecule has 4 heterocycles. The molecule has 0 bridgehead atoms. The zero-order valence-corrected chi connectivity index (χ0v) is 24.3. The first-order valence-electron chi connectivity index (χ1n) is 14.8. The van der Waals surface area contributed by atoms with Crippen molar-refractivity contribution in [3.8, 4) is 51.5 Å². The minimum atomic E-state index is 0.485. The number of aromatic nitrogens is 9. The van der Waals surface area contributed by atoms with Crippen molar-refractivity contribution in [1.82, 2.24) is 44.1 Å². The summed E-state index contributed by atoms with van der Waals surface area (Å²) in [7, 11) is 0. The van der Waals surface area contributed by atoms with Gasteiger partial charge in [0.05, 0.1) is 11.0 Å². The molecule has 9 aromatic rings. The van der Waals surface area contributed by atoms with Crippen LogP contribution < -0.4 is 0 Å². The number of hydrogen-bond acceptors (Lipinski definition) is 7. The highest BCUT2D eigenvalue weighted by Gasteiger charge is 2.19. The molecule has 0 unspecified atom stereocenters. The second-order valence-corrected chi connectivity index (χ2v) is 10.8. The van der Waals surface area contributed by atoms with Crippen LogP contribution in [-0.2, 0) is 0 Å². The number of nitrogens with zero attached hydrogens (tertiary/aromatic N) is 9. The Morgan fingerprint density at radius 2 is 1.02 bits per heavy atom. The third-order valence-corrected chi connectivity index (χ3v) is 7.99. The van der Waals surface area contributed by atoms with E-state index in [1.165, 1.54) is 6.33 Å². The number of rotatable bonds is 5. The van der Waals surface area contributed by atoms with E-state index < -0.39 is 0 Å². The largest absolute Gasteiger partial charge is 0.278 e. The van der Waals surface area contributed by atoms with Gasteiger partial charge in [-0.15, -0.1) is 5.10 Å². The van der Waals surface area contributed by atoms with Gasteiger partial charge in [0.2, 0.25) is 5.95 Å². The maximum Gasteiger partial charge on any atom is 0.256 e. The lowest BCUT2D eigenvalue weighted by Crippen LogP contribution is -2.06. The molecule has 0 N–H and O–H groups in total. The van der Waals surface area contributed by atoms with Gasteiger partial charge in [-0.25, -0.2) is 9.97 Å². The average Bonchev–Trinajstić information content (AvgIpc) is 3.72. The van der Waals surface area contributed by atoms with E-state index in [1.807, 2.05) is 109 Å². The summed E-state index contributed by atoms with van der Waals surface area (Å²) in [5, 5.41) is 6.88. The monoisotopic (exact) mass is 593 g/mol. The summed E-state index contributed by atoms with van der Waals surface area (Å²) in [6.45, 7) is 0. The predicted octanol–water partition coefficient (Wildman–Crippen LogP) is 7.47. The van der Waals surface area contributed by atoms with E-state index in [2.05, 4.69) is 43.8 Å². The summed E-state index contributed by atoms with van der Waals surface area (Å²) in [6.07, 6.45) is 1.53. The molecule has 216 valence electrons. The number of fused-ring (bicyclic) bond motifs is 4. The van der Waals surface area contributed by atoms with Crippen LogP contribution in [0.25, 0.3) is 79.1 Å². The quantitative estimate of drug-likeness (QED) is 0.204. The first-order valence-corrected chi connectivity index (χ1v) is 14.8. The molecule has 0 aliphatic heterocycles. The van der Waals surface area contributed by atoms with Gasteiger partial charge in [-0.3, -0.25) is 4.57 Å². The first kappa shape index (κ1) is 25.8. The highest BCUT2D eigenvalue weighted by atomic mass is 15.4. The molecular formula is C37H23N9. The maximum absolute atomic E-state index is 5.02. The smallest absolute Gasteiger partial charge is 0.256 e. The zero-order chi connectivity index (χ0) is 30.5. The fourth-order valence-corrected chi connectivity index (χ4v) is 5.85. The van der Waals surface area contributed by atoms with Gasteiger partial charge in [-0.1, -0.05) is 109 Å². The topological polar surface area (TPSA) is 99.6 Å². The molecule has 9 heteroatoms. The third-order valence-electron chi connectivity index (χ3n) is 7.99. The number of hydrogen-bond donors (Lipinski definition) is 0. The summed E-state index contributed by atoms with van der Waals surface area (Å²) in [4.78, 5) is 28.6. The van der Waals surface area contributed by atoms with E-state index in [4.69, 9.17) is 20.1 Å². The second-order valence-electron chi connectivity index (χ2n) is 10.8. The van der Waals surface area contributed by atoms with Crippen LogP contribution in [0.5, 0.6) is 0 Å². The summed E-state index contributed by atoms with van der Waals surface area (Å²) in [5.74, 6) is 3.49. The summed E-state index contributed by atoms with van der Waals surface area (Å²) < 4.78 is 3.81. The van der Waals surface area contributed by atoms with Crippen LogP contribution in [0.2, 0.25) is 0 Å². The van der Waals surface area contributed by atoms with Crippen molar-refractivity contribution in [2.45, 2.75) is 0 Å². The fraction of sp³-hybridized carbons (Fsp3) is 0. The zero-order valence-electron chi connectivity index (χ0n) is 24.3. The molecule has 0 amide bonds. The van der Waals surface area contributed by atoms with Crippen molar-refractivity contribution in [3.63, 3.8) is 0 Å². The fourth-order valence-electron chi connectivity index (χ4n) is 5.85. The molecule has 46 heavy (non-hydrogen) atoms. The van der Waals surface area contributed by atoms with E-state index >= 15 is 0 Å². The summed E-state index contributed by atoms with van der Waals surface area (Å²) in [6, 6.07) is 44.4. The Morgan fingerprint density at radius 3 is 1.70 bits per heavy atom. The first-order chi connectivity index (χ1) is 22.8. The van der Waals surface area contributed by atoms with Gasteiger partial charge in [0, 0.05) is 33.0 Å². The highest BCUT2D eigenvalue weighted by molar-refractivity contribution is 6.10. The van der Waals surface area contributed by atoms with E-state index in [9.17, 15) is 0 Å². The van der Waals surface area contributed by atoms with Crippen molar-refractivity contribution >= 4 is 27.6 Å². The Bertz CT molecular complexity index is 2470. The van der Waals surface area contributed by atoms with Crippen molar-refractivity contribution in [2.75, 3.05) is 0 Å². The van der Waals surface area contributed by atoms with Crippen LogP contribution in [-0.4, -0.2) is 44.1 Å². The van der Waals surface area contributed by atoms with E-state index in [-0.39, 0.29) is 0 Å². The molecule has 9 rings (SSSR count). The molecular weight excluding hydrogens is 570 g/mol. The molecule has 4 aromatic heterocycles. The van der Waals surface area contributed by atoms with Gasteiger partial charge in [0.15, 0.2) is 23.3 Å². The maximum atomic E-state index is 5.02. The predicted molar refractivity (Wildman–Crippen MR) is 178 cm³/mol. The normalized spacial score (nSPS) is 11.5. The van der Waals surface area contributed by atoms with Crippen LogP contribution in [0.15, 0.2) is 140 Å². The molecule has 0 saturated carbocycles. The van der Waals surface area contributed by atoms with Gasteiger partial charge in [-0.2, -0.15) is 24.5 Å². The Labute approximate surface area is 262 Å². The second kappa shape index (κ2) is 10.5. The third kappa shape index (κ3) is 4.29. The lowest BCUT2D eigenvalue weighted by molar-refractivity contribution is 0.905. The standard InChI is InChI=1S/C37H23N9/c1-4-12-24(13-5-1)32-40-33(25-14-6-2-7-15-25)42-37(41-32)45-30-19-11-10-18-28(30)29-22-27(20-21-31(29)45)35-38-23-39-36-43-34(44-46(35)36)26-16-8-3-9-17-26/h1-23H. The molecule has 5 aromatic carbocycles. The molecule has 0 fully saturated rings. The Morgan fingerprint density at radius 1 is 0.435 bits per heavy atom. The average molecular weight is 594 g/mol. The molecule has 0 aliphatic rings. The van der Waals surface area contributed by atoms with Gasteiger partial charge in [-0.05, 0) is 24.3 Å². The Kier molecular flexibility index (Phi) is 5.92. The summed E-state index contributed by atoms with van der Waals surface area (Å²) >= 11 is 0. The molecule has 0 atom stereocenters. The van der Waals surface area contributed by atoms with E-state index in [0.29, 0.717) is 35.0 Å². The van der Waals surface area contributed by atoms with E-state index in [0.717, 1.165) is 44.1 Å². The van der Waals surface area contributed by atoms with Crippen LogP contribution in [0, 0.1) is 0 Å². The SMILES string of the molecule is c1ccc(-c2nc(-c3ccccc3)nc(-n3c4ccccc4c4cc(-c5ncnc6nc(-c7ccccc7)nn56)ccc43)n2)cc1. The highest BCUT2D eigenvalue weighted by Crippen LogP contribution is 2.34. The lowest BCUT2D eigenvalue weighted by atomic mass is 10.1. The van der Waals surface area contributed by atoms with Gasteiger partial charge >= 0.3 is 0 Å². The Hall–Kier alpha value is -6.61. The van der Waals surface area contributed by atoms with Gasteiger partial charge in [0.25, 0.3) is 5.78 Å². The molecule has 0 aliphatic carbocycles. The minimum Gasteiger partial charge on any atom is -0.278 e. The van der Waals surface area contributed by atoms with Crippen molar-refractivity contribution < 1.29 is 0 Å². The van der Waals surface area contributed by atoms with Crippen LogP contribution in [0.4, 0.5) is 0 Å². The molecule has 0 spiro atoms. The minimum absolute atomic E-state index is 0.485. The van der Waals surface area contributed by atoms with Crippen molar-refractivity contribution in [3.05, 3.63) is 140 Å². The van der Waals surface area contributed by atoms with Crippen LogP contribution in [0.1, 0.15) is 0 Å². The van der Waals surface area contributed by atoms with E-state index in [1.54, 1.807) is 4.52 Å². The van der Waals surface area contributed by atoms with Gasteiger partial charge in [0.1, 0.15) is 6.33 Å². The van der Waals surface area contributed by atoms with Crippen LogP contribution >= 0.6 is 0 Å². The lowest BCUT2D eigenvalue weighted by Gasteiger charge is -2.11. The van der Waals surface area contributed by atoms with Crippen molar-refractivity contribution in [2.24, 2.45) is 0 Å². The number of benzene rings is 5. The van der Waals surface area contributed by atoms with Gasteiger partial charge < -0.3 is 0 Å². The molecule has 9 nitrogen and oxygen atoms in total. The Balaban J connectivity index is 1.25. The number of para-hydroxylation sites is 1.